The maximum absolute atomic E-state index is 11.9. The second-order valence-corrected chi connectivity index (χ2v) is 3.89. The largest absolute Gasteiger partial charge is 0.472 e. The molecule has 1 atom stereocenters. The van der Waals surface area contributed by atoms with E-state index in [1.807, 2.05) is 20.8 Å². The van der Waals surface area contributed by atoms with Crippen molar-refractivity contribution < 1.29 is 13.9 Å². The molecule has 0 aliphatic rings. The first kappa shape index (κ1) is 12.0. The van der Waals surface area contributed by atoms with E-state index < -0.39 is 0 Å². The van der Waals surface area contributed by atoms with Crippen LogP contribution in [0.25, 0.3) is 0 Å². The molecule has 0 amide bonds. The van der Waals surface area contributed by atoms with Gasteiger partial charge in [0.15, 0.2) is 5.78 Å². The number of carbonyl (C=O) groups excluding carboxylic acids is 1. The molecule has 1 rings (SSSR count). The quantitative estimate of drug-likeness (QED) is 0.724. The maximum Gasteiger partial charge on any atom is 0.166 e. The first-order valence-corrected chi connectivity index (χ1v) is 5.30. The Kier molecular flexibility index (Phi) is 4.56. The van der Waals surface area contributed by atoms with Crippen LogP contribution in [0.3, 0.4) is 0 Å². The molecular formula is C12H18O3. The number of hydrogen-bond acceptors (Lipinski definition) is 3. The molecule has 1 heterocycles. The van der Waals surface area contributed by atoms with Gasteiger partial charge in [-0.25, -0.2) is 0 Å². The van der Waals surface area contributed by atoms with Crippen LogP contribution < -0.4 is 0 Å². The van der Waals surface area contributed by atoms with Crippen LogP contribution in [0.15, 0.2) is 23.0 Å². The summed E-state index contributed by atoms with van der Waals surface area (Å²) in [5.74, 6) is 0.331. The zero-order valence-corrected chi connectivity index (χ0v) is 9.53. The third-order valence-corrected chi connectivity index (χ3v) is 2.23. The van der Waals surface area contributed by atoms with Gasteiger partial charge in [0, 0.05) is 13.0 Å². The van der Waals surface area contributed by atoms with Gasteiger partial charge in [0.05, 0.1) is 12.5 Å². The third-order valence-electron chi connectivity index (χ3n) is 2.23. The zero-order chi connectivity index (χ0) is 11.3. The van der Waals surface area contributed by atoms with Crippen LogP contribution in [0.1, 0.15) is 26.3 Å². The van der Waals surface area contributed by atoms with E-state index in [0.717, 1.165) is 5.56 Å². The molecule has 1 unspecified atom stereocenters. The van der Waals surface area contributed by atoms with E-state index in [4.69, 9.17) is 9.15 Å². The number of Topliss-reactive ketones (excluding diaryl/α,β-unsaturated/α-hetero) is 1. The summed E-state index contributed by atoms with van der Waals surface area (Å²) in [7, 11) is 0. The lowest BCUT2D eigenvalue weighted by atomic mass is 9.99. The fourth-order valence-electron chi connectivity index (χ4n) is 1.53. The summed E-state index contributed by atoms with van der Waals surface area (Å²) in [4.78, 5) is 11.9. The van der Waals surface area contributed by atoms with Gasteiger partial charge in [0.1, 0.15) is 6.10 Å². The highest BCUT2D eigenvalue weighted by Crippen LogP contribution is 2.12. The number of rotatable bonds is 6. The third kappa shape index (κ3) is 3.51. The van der Waals surface area contributed by atoms with Crippen molar-refractivity contribution in [3.05, 3.63) is 24.2 Å². The summed E-state index contributed by atoms with van der Waals surface area (Å²) in [6.07, 6.45) is 3.26. The van der Waals surface area contributed by atoms with Crippen molar-refractivity contribution in [1.29, 1.82) is 0 Å². The first-order chi connectivity index (χ1) is 7.15. The predicted octanol–water partition coefficient (Wildman–Crippen LogP) is 2.45. The molecule has 0 radical (unpaired) electrons. The van der Waals surface area contributed by atoms with Crippen molar-refractivity contribution in [3.8, 4) is 0 Å². The van der Waals surface area contributed by atoms with Crippen molar-refractivity contribution in [2.75, 3.05) is 6.61 Å². The number of furan rings is 1. The number of ether oxygens (including phenoxy) is 1. The summed E-state index contributed by atoms with van der Waals surface area (Å²) in [5.41, 5.74) is 0.908. The Morgan fingerprint density at radius 3 is 2.73 bits per heavy atom. The van der Waals surface area contributed by atoms with Crippen LogP contribution in [0.2, 0.25) is 0 Å². The van der Waals surface area contributed by atoms with Crippen molar-refractivity contribution in [2.45, 2.75) is 33.3 Å². The molecular weight excluding hydrogens is 192 g/mol. The summed E-state index contributed by atoms with van der Waals surface area (Å²) in [6, 6.07) is 1.81. The lowest BCUT2D eigenvalue weighted by Crippen LogP contribution is -2.31. The lowest BCUT2D eigenvalue weighted by molar-refractivity contribution is -0.132. The lowest BCUT2D eigenvalue weighted by Gasteiger charge is -2.18. The van der Waals surface area contributed by atoms with Gasteiger partial charge < -0.3 is 9.15 Å². The van der Waals surface area contributed by atoms with Gasteiger partial charge in [-0.1, -0.05) is 13.8 Å². The van der Waals surface area contributed by atoms with Crippen LogP contribution in [0.5, 0.6) is 0 Å². The molecule has 0 aliphatic carbocycles. The highest BCUT2D eigenvalue weighted by molar-refractivity contribution is 5.85. The van der Waals surface area contributed by atoms with Crippen LogP contribution in [-0.2, 0) is 16.0 Å². The molecule has 3 nitrogen and oxygen atoms in total. The molecule has 1 aromatic heterocycles. The molecule has 1 aromatic rings. The minimum atomic E-state index is -0.301. The summed E-state index contributed by atoms with van der Waals surface area (Å²) >= 11 is 0. The van der Waals surface area contributed by atoms with E-state index in [0.29, 0.717) is 13.0 Å². The van der Waals surface area contributed by atoms with Gasteiger partial charge in [-0.3, -0.25) is 4.79 Å². The van der Waals surface area contributed by atoms with E-state index in [2.05, 4.69) is 0 Å². The Morgan fingerprint density at radius 1 is 1.53 bits per heavy atom. The number of ketones is 1. The van der Waals surface area contributed by atoms with Gasteiger partial charge in [-0.05, 0) is 24.5 Å². The molecule has 15 heavy (non-hydrogen) atoms. The SMILES string of the molecule is CCOC(C(=O)Cc1ccoc1)C(C)C. The fraction of sp³-hybridized carbons (Fsp3) is 0.583. The molecule has 0 bridgehead atoms. The summed E-state index contributed by atoms with van der Waals surface area (Å²) < 4.78 is 10.4. The van der Waals surface area contributed by atoms with E-state index >= 15 is 0 Å². The van der Waals surface area contributed by atoms with E-state index in [-0.39, 0.29) is 17.8 Å². The number of carbonyl (C=O) groups is 1. The normalized spacial score (nSPS) is 13.1. The fourth-order valence-corrected chi connectivity index (χ4v) is 1.53. The second-order valence-electron chi connectivity index (χ2n) is 3.89. The number of hydrogen-bond donors (Lipinski definition) is 0. The monoisotopic (exact) mass is 210 g/mol. The Bertz CT molecular complexity index is 288. The van der Waals surface area contributed by atoms with Crippen molar-refractivity contribution in [1.82, 2.24) is 0 Å². The molecule has 0 spiro atoms. The van der Waals surface area contributed by atoms with Crippen LogP contribution in [0.4, 0.5) is 0 Å². The van der Waals surface area contributed by atoms with Crippen LogP contribution >= 0.6 is 0 Å². The van der Waals surface area contributed by atoms with Crippen LogP contribution in [-0.4, -0.2) is 18.5 Å². The molecule has 0 aromatic carbocycles. The average molecular weight is 210 g/mol. The molecule has 0 aliphatic heterocycles. The van der Waals surface area contributed by atoms with E-state index in [9.17, 15) is 4.79 Å². The minimum Gasteiger partial charge on any atom is -0.472 e. The van der Waals surface area contributed by atoms with E-state index in [1.165, 1.54) is 0 Å². The molecule has 0 N–H and O–H groups in total. The minimum absolute atomic E-state index is 0.119. The van der Waals surface area contributed by atoms with Gasteiger partial charge in [-0.2, -0.15) is 0 Å². The van der Waals surface area contributed by atoms with Gasteiger partial charge >= 0.3 is 0 Å². The highest BCUT2D eigenvalue weighted by Gasteiger charge is 2.22. The van der Waals surface area contributed by atoms with Crippen molar-refractivity contribution >= 4 is 5.78 Å². The smallest absolute Gasteiger partial charge is 0.166 e. The summed E-state index contributed by atoms with van der Waals surface area (Å²) in [6.45, 7) is 6.46. The average Bonchev–Trinajstić information content (AvgIpc) is 2.65. The van der Waals surface area contributed by atoms with Gasteiger partial charge in [0.25, 0.3) is 0 Å². The van der Waals surface area contributed by atoms with Crippen molar-refractivity contribution in [3.63, 3.8) is 0 Å². The Morgan fingerprint density at radius 2 is 2.27 bits per heavy atom. The van der Waals surface area contributed by atoms with Gasteiger partial charge in [-0.15, -0.1) is 0 Å². The standard InChI is InChI=1S/C12H18O3/c1-4-15-12(9(2)3)11(13)7-10-5-6-14-8-10/h5-6,8-9,12H,4,7H2,1-3H3. The molecule has 84 valence electrons. The summed E-state index contributed by atoms with van der Waals surface area (Å²) in [5, 5.41) is 0. The topological polar surface area (TPSA) is 39.4 Å². The Balaban J connectivity index is 2.56. The zero-order valence-electron chi connectivity index (χ0n) is 9.53. The Hall–Kier alpha value is -1.09. The van der Waals surface area contributed by atoms with Crippen molar-refractivity contribution in [2.24, 2.45) is 5.92 Å². The second kappa shape index (κ2) is 5.71. The Labute approximate surface area is 90.4 Å². The molecule has 0 fully saturated rings. The van der Waals surface area contributed by atoms with E-state index in [1.54, 1.807) is 18.6 Å². The maximum atomic E-state index is 11.9. The predicted molar refractivity (Wildman–Crippen MR) is 57.7 cm³/mol. The molecule has 3 heteroatoms. The van der Waals surface area contributed by atoms with Gasteiger partial charge in [0.2, 0.25) is 0 Å². The molecule has 0 saturated heterocycles. The highest BCUT2D eigenvalue weighted by atomic mass is 16.5. The first-order valence-electron chi connectivity index (χ1n) is 5.30. The van der Waals surface area contributed by atoms with Crippen LogP contribution in [0, 0.1) is 5.92 Å². The molecule has 0 saturated carbocycles.